The van der Waals surface area contributed by atoms with Gasteiger partial charge >= 0.3 is 6.03 Å². The second kappa shape index (κ2) is 6.04. The maximum atomic E-state index is 12.4. The predicted molar refractivity (Wildman–Crippen MR) is 73.4 cm³/mol. The van der Waals surface area contributed by atoms with Crippen molar-refractivity contribution in [1.82, 2.24) is 10.6 Å². The molecule has 3 amide bonds. The summed E-state index contributed by atoms with van der Waals surface area (Å²) in [4.78, 5) is 34.6. The molecule has 0 radical (unpaired) electrons. The van der Waals surface area contributed by atoms with E-state index < -0.39 is 28.8 Å². The highest BCUT2D eigenvalue weighted by atomic mass is 16.2. The third-order valence-electron chi connectivity index (χ3n) is 2.57. The number of ketones is 1. The standard InChI is InChI=1S/C13H25N3O3/c1-12(2,3)9(10(18)13(4,5)6)16-11(19)15-7-8(14)17/h9H,7H2,1-6H3,(H2,14,17)(H2,15,16,19). The summed E-state index contributed by atoms with van der Waals surface area (Å²) in [7, 11) is 0. The van der Waals surface area contributed by atoms with Gasteiger partial charge in [0.05, 0.1) is 12.6 Å². The number of carbonyl (C=O) groups excluding carboxylic acids is 3. The van der Waals surface area contributed by atoms with E-state index in [2.05, 4.69) is 10.6 Å². The molecule has 0 bridgehead atoms. The van der Waals surface area contributed by atoms with Gasteiger partial charge in [0.2, 0.25) is 5.91 Å². The van der Waals surface area contributed by atoms with Crippen molar-refractivity contribution in [2.24, 2.45) is 16.6 Å². The number of hydrogen-bond acceptors (Lipinski definition) is 3. The summed E-state index contributed by atoms with van der Waals surface area (Å²) in [5, 5.41) is 4.93. The lowest BCUT2D eigenvalue weighted by Gasteiger charge is -2.34. The summed E-state index contributed by atoms with van der Waals surface area (Å²) in [5.41, 5.74) is 3.96. The topological polar surface area (TPSA) is 101 Å². The van der Waals surface area contributed by atoms with E-state index in [9.17, 15) is 14.4 Å². The minimum absolute atomic E-state index is 0.0609. The molecule has 0 aliphatic carbocycles. The second-order valence-corrected chi connectivity index (χ2v) is 6.71. The van der Waals surface area contributed by atoms with Crippen LogP contribution in [0.15, 0.2) is 0 Å². The van der Waals surface area contributed by atoms with Crippen LogP contribution in [0.3, 0.4) is 0 Å². The fourth-order valence-electron chi connectivity index (χ4n) is 1.46. The van der Waals surface area contributed by atoms with Crippen LogP contribution < -0.4 is 16.4 Å². The highest BCUT2D eigenvalue weighted by molar-refractivity contribution is 5.93. The number of nitrogens with one attached hydrogen (secondary N) is 2. The van der Waals surface area contributed by atoms with Crippen LogP contribution in [-0.4, -0.2) is 30.3 Å². The van der Waals surface area contributed by atoms with Gasteiger partial charge in [0.15, 0.2) is 5.78 Å². The molecule has 19 heavy (non-hydrogen) atoms. The maximum Gasteiger partial charge on any atom is 0.315 e. The van der Waals surface area contributed by atoms with Gasteiger partial charge in [-0.15, -0.1) is 0 Å². The molecule has 6 nitrogen and oxygen atoms in total. The van der Waals surface area contributed by atoms with Crippen molar-refractivity contribution >= 4 is 17.7 Å². The molecule has 0 aliphatic rings. The molecular weight excluding hydrogens is 246 g/mol. The third-order valence-corrected chi connectivity index (χ3v) is 2.57. The van der Waals surface area contributed by atoms with Crippen LogP contribution in [0.1, 0.15) is 41.5 Å². The first-order chi connectivity index (χ1) is 8.35. The minimum atomic E-state index is -0.639. The van der Waals surface area contributed by atoms with Gasteiger partial charge in [-0.05, 0) is 5.41 Å². The first-order valence-corrected chi connectivity index (χ1v) is 6.22. The first-order valence-electron chi connectivity index (χ1n) is 6.22. The molecule has 0 aromatic rings. The largest absolute Gasteiger partial charge is 0.368 e. The van der Waals surface area contributed by atoms with Crippen molar-refractivity contribution in [2.75, 3.05) is 6.54 Å². The second-order valence-electron chi connectivity index (χ2n) is 6.71. The van der Waals surface area contributed by atoms with Crippen molar-refractivity contribution in [2.45, 2.75) is 47.6 Å². The summed E-state index contributed by atoms with van der Waals surface area (Å²) in [6.07, 6.45) is 0. The molecule has 0 heterocycles. The lowest BCUT2D eigenvalue weighted by molar-refractivity contribution is -0.130. The van der Waals surface area contributed by atoms with Gasteiger partial charge in [0, 0.05) is 5.41 Å². The van der Waals surface area contributed by atoms with Crippen molar-refractivity contribution in [3.63, 3.8) is 0 Å². The van der Waals surface area contributed by atoms with Gasteiger partial charge in [-0.1, -0.05) is 41.5 Å². The van der Waals surface area contributed by atoms with E-state index in [4.69, 9.17) is 5.73 Å². The smallest absolute Gasteiger partial charge is 0.315 e. The number of primary amides is 1. The predicted octanol–water partition coefficient (Wildman–Crippen LogP) is 0.801. The fraction of sp³-hybridized carbons (Fsp3) is 0.769. The molecule has 0 saturated carbocycles. The van der Waals surface area contributed by atoms with Gasteiger partial charge in [-0.25, -0.2) is 4.79 Å². The van der Waals surface area contributed by atoms with Crippen LogP contribution in [-0.2, 0) is 9.59 Å². The SMILES string of the molecule is CC(C)(C)C(=O)C(NC(=O)NCC(N)=O)C(C)(C)C. The Morgan fingerprint density at radius 1 is 1.05 bits per heavy atom. The van der Waals surface area contributed by atoms with Crippen LogP contribution in [0.4, 0.5) is 4.79 Å². The zero-order valence-corrected chi connectivity index (χ0v) is 12.6. The Morgan fingerprint density at radius 3 is 1.84 bits per heavy atom. The Bertz CT molecular complexity index is 364. The van der Waals surface area contributed by atoms with E-state index in [0.717, 1.165) is 0 Å². The van der Waals surface area contributed by atoms with E-state index in [0.29, 0.717) is 0 Å². The average molecular weight is 271 g/mol. The Balaban J connectivity index is 4.86. The summed E-state index contributed by atoms with van der Waals surface area (Å²) < 4.78 is 0. The Labute approximate surface area is 114 Å². The van der Waals surface area contributed by atoms with Crippen LogP contribution >= 0.6 is 0 Å². The van der Waals surface area contributed by atoms with Crippen molar-refractivity contribution in [1.29, 1.82) is 0 Å². The number of hydrogen-bond donors (Lipinski definition) is 3. The normalized spacial score (nSPS) is 13.6. The van der Waals surface area contributed by atoms with E-state index in [-0.39, 0.29) is 12.3 Å². The van der Waals surface area contributed by atoms with Crippen molar-refractivity contribution in [3.05, 3.63) is 0 Å². The van der Waals surface area contributed by atoms with E-state index >= 15 is 0 Å². The van der Waals surface area contributed by atoms with E-state index in [1.54, 1.807) is 20.8 Å². The lowest BCUT2D eigenvalue weighted by Crippen LogP contribution is -2.55. The summed E-state index contributed by atoms with van der Waals surface area (Å²) in [5.74, 6) is -0.696. The number of nitrogens with two attached hydrogens (primary N) is 1. The van der Waals surface area contributed by atoms with Gasteiger partial charge < -0.3 is 16.4 Å². The molecule has 1 atom stereocenters. The Kier molecular flexibility index (Phi) is 5.53. The monoisotopic (exact) mass is 271 g/mol. The molecule has 0 spiro atoms. The number of rotatable bonds is 4. The first kappa shape index (κ1) is 17.4. The van der Waals surface area contributed by atoms with Gasteiger partial charge in [-0.2, -0.15) is 0 Å². The van der Waals surface area contributed by atoms with Crippen LogP contribution in [0.2, 0.25) is 0 Å². The molecule has 0 rings (SSSR count). The molecule has 6 heteroatoms. The average Bonchev–Trinajstić information content (AvgIpc) is 2.19. The zero-order chi connectivity index (χ0) is 15.4. The van der Waals surface area contributed by atoms with Crippen LogP contribution in [0.5, 0.6) is 0 Å². The molecule has 110 valence electrons. The van der Waals surface area contributed by atoms with Gasteiger partial charge in [-0.3, -0.25) is 9.59 Å². The van der Waals surface area contributed by atoms with Crippen molar-refractivity contribution < 1.29 is 14.4 Å². The Morgan fingerprint density at radius 2 is 1.53 bits per heavy atom. The zero-order valence-electron chi connectivity index (χ0n) is 12.6. The van der Waals surface area contributed by atoms with Gasteiger partial charge in [0.25, 0.3) is 0 Å². The van der Waals surface area contributed by atoms with E-state index in [1.807, 2.05) is 20.8 Å². The van der Waals surface area contributed by atoms with Crippen LogP contribution in [0, 0.1) is 10.8 Å². The summed E-state index contributed by atoms with van der Waals surface area (Å²) in [6.45, 7) is 10.8. The molecule has 1 unspecified atom stereocenters. The van der Waals surface area contributed by atoms with Crippen LogP contribution in [0.25, 0.3) is 0 Å². The molecule has 0 fully saturated rings. The highest BCUT2D eigenvalue weighted by Gasteiger charge is 2.38. The highest BCUT2D eigenvalue weighted by Crippen LogP contribution is 2.27. The quantitative estimate of drug-likeness (QED) is 0.705. The van der Waals surface area contributed by atoms with E-state index in [1.165, 1.54) is 0 Å². The number of carbonyl (C=O) groups is 3. The fourth-order valence-corrected chi connectivity index (χ4v) is 1.46. The lowest BCUT2D eigenvalue weighted by atomic mass is 9.76. The molecule has 0 saturated heterocycles. The number of Topliss-reactive ketones (excluding diaryl/α,β-unsaturated/α-hetero) is 1. The molecule has 0 aromatic heterocycles. The summed E-state index contributed by atoms with van der Waals surface area (Å²) >= 11 is 0. The minimum Gasteiger partial charge on any atom is -0.368 e. The molecular formula is C13H25N3O3. The molecule has 0 aromatic carbocycles. The number of amides is 3. The number of urea groups is 1. The van der Waals surface area contributed by atoms with Crippen molar-refractivity contribution in [3.8, 4) is 0 Å². The molecule has 0 aliphatic heterocycles. The third kappa shape index (κ3) is 6.22. The maximum absolute atomic E-state index is 12.4. The van der Waals surface area contributed by atoms with Gasteiger partial charge in [0.1, 0.15) is 0 Å². The summed E-state index contributed by atoms with van der Waals surface area (Å²) in [6, 6.07) is -1.21. The Hall–Kier alpha value is -1.59. The molecule has 4 N–H and O–H groups in total.